The van der Waals surface area contributed by atoms with Crippen LogP contribution in [0.1, 0.15) is 18.4 Å². The first-order valence-electron chi connectivity index (χ1n) is 6.29. The molecule has 5 nitrogen and oxygen atoms in total. The van der Waals surface area contributed by atoms with Gasteiger partial charge >= 0.3 is 0 Å². The van der Waals surface area contributed by atoms with Crippen LogP contribution in [0, 0.1) is 11.3 Å². The van der Waals surface area contributed by atoms with Crippen LogP contribution in [0.25, 0.3) is 0 Å². The fourth-order valence-electron chi connectivity index (χ4n) is 2.80. The largest absolute Gasteiger partial charge is 0.352 e. The molecule has 3 heterocycles. The molecule has 0 spiro atoms. The van der Waals surface area contributed by atoms with E-state index in [0.29, 0.717) is 35.9 Å². The highest BCUT2D eigenvalue weighted by Gasteiger charge is 2.36. The van der Waals surface area contributed by atoms with Gasteiger partial charge in [-0.05, 0) is 12.5 Å². The molecule has 0 radical (unpaired) electrons. The Morgan fingerprint density at radius 1 is 1.47 bits per heavy atom. The Kier molecular flexibility index (Phi) is 3.03. The average molecular weight is 277 g/mol. The number of piperazine rings is 1. The zero-order valence-electron chi connectivity index (χ0n) is 10.3. The number of carbonyl (C=O) groups is 1. The number of pyridine rings is 1. The van der Waals surface area contributed by atoms with Crippen molar-refractivity contribution in [3.05, 3.63) is 22.8 Å². The molecule has 0 aliphatic carbocycles. The van der Waals surface area contributed by atoms with Crippen LogP contribution in [0.4, 0.5) is 5.82 Å². The van der Waals surface area contributed by atoms with Gasteiger partial charge in [0, 0.05) is 38.3 Å². The van der Waals surface area contributed by atoms with Crippen LogP contribution in [0.5, 0.6) is 0 Å². The maximum atomic E-state index is 11.6. The Morgan fingerprint density at radius 3 is 3.11 bits per heavy atom. The van der Waals surface area contributed by atoms with Crippen molar-refractivity contribution in [2.45, 2.75) is 18.9 Å². The van der Waals surface area contributed by atoms with Gasteiger partial charge in [0.25, 0.3) is 0 Å². The fraction of sp³-hybridized carbons (Fsp3) is 0.462. The maximum absolute atomic E-state index is 11.6. The lowest BCUT2D eigenvalue weighted by Crippen LogP contribution is -2.51. The number of anilines is 1. The average Bonchev–Trinajstić information content (AvgIpc) is 2.80. The van der Waals surface area contributed by atoms with Gasteiger partial charge in [-0.25, -0.2) is 4.98 Å². The number of fused-ring (bicyclic) bond motifs is 1. The predicted molar refractivity (Wildman–Crippen MR) is 70.9 cm³/mol. The van der Waals surface area contributed by atoms with Crippen molar-refractivity contribution in [2.24, 2.45) is 0 Å². The first-order valence-corrected chi connectivity index (χ1v) is 6.67. The number of nitrogens with zero attached hydrogens (tertiary/aromatic N) is 4. The second-order valence-corrected chi connectivity index (χ2v) is 5.21. The summed E-state index contributed by atoms with van der Waals surface area (Å²) in [5, 5.41) is 9.40. The quantitative estimate of drug-likeness (QED) is 0.778. The van der Waals surface area contributed by atoms with Crippen molar-refractivity contribution in [3.63, 3.8) is 0 Å². The molecule has 2 saturated heterocycles. The molecule has 19 heavy (non-hydrogen) atoms. The molecule has 3 rings (SSSR count). The normalized spacial score (nSPS) is 22.3. The highest BCUT2D eigenvalue weighted by Crippen LogP contribution is 2.30. The minimum Gasteiger partial charge on any atom is -0.352 e. The van der Waals surface area contributed by atoms with Crippen molar-refractivity contribution in [1.29, 1.82) is 5.26 Å². The van der Waals surface area contributed by atoms with E-state index < -0.39 is 0 Å². The summed E-state index contributed by atoms with van der Waals surface area (Å²) in [6.45, 7) is 2.16. The van der Waals surface area contributed by atoms with Gasteiger partial charge in [0.05, 0.1) is 5.56 Å². The summed E-state index contributed by atoms with van der Waals surface area (Å²) in [5.74, 6) is 0.897. The molecule has 0 N–H and O–H groups in total. The third kappa shape index (κ3) is 2.02. The summed E-state index contributed by atoms with van der Waals surface area (Å²) in [7, 11) is 0. The van der Waals surface area contributed by atoms with Gasteiger partial charge in [0.1, 0.15) is 16.9 Å². The van der Waals surface area contributed by atoms with Crippen LogP contribution in [0.2, 0.25) is 5.02 Å². The van der Waals surface area contributed by atoms with Gasteiger partial charge in [-0.3, -0.25) is 4.79 Å². The maximum Gasteiger partial charge on any atom is 0.223 e. The fourth-order valence-corrected chi connectivity index (χ4v) is 3.07. The Morgan fingerprint density at radius 2 is 2.32 bits per heavy atom. The van der Waals surface area contributed by atoms with E-state index in [0.717, 1.165) is 13.0 Å². The highest BCUT2D eigenvalue weighted by atomic mass is 35.5. The Balaban J connectivity index is 1.85. The number of aromatic nitrogens is 1. The molecular weight excluding hydrogens is 264 g/mol. The molecule has 1 unspecified atom stereocenters. The molecule has 0 aromatic carbocycles. The number of carbonyl (C=O) groups excluding carboxylic acids is 1. The third-order valence-electron chi connectivity index (χ3n) is 3.79. The lowest BCUT2D eigenvalue weighted by atomic mass is 10.1. The lowest BCUT2D eigenvalue weighted by Gasteiger charge is -2.38. The van der Waals surface area contributed by atoms with Gasteiger partial charge in [-0.1, -0.05) is 11.6 Å². The Labute approximate surface area is 116 Å². The first-order chi connectivity index (χ1) is 9.20. The summed E-state index contributed by atoms with van der Waals surface area (Å²) in [4.78, 5) is 19.9. The molecule has 1 amide bonds. The molecule has 1 aromatic heterocycles. The second kappa shape index (κ2) is 4.71. The molecule has 1 atom stereocenters. The van der Waals surface area contributed by atoms with E-state index >= 15 is 0 Å². The van der Waals surface area contributed by atoms with Crippen LogP contribution in [-0.2, 0) is 4.79 Å². The van der Waals surface area contributed by atoms with Crippen molar-refractivity contribution in [3.8, 4) is 6.07 Å². The first kappa shape index (κ1) is 12.2. The van der Waals surface area contributed by atoms with E-state index in [1.807, 2.05) is 4.90 Å². The minimum absolute atomic E-state index is 0.245. The van der Waals surface area contributed by atoms with Gasteiger partial charge < -0.3 is 9.80 Å². The molecule has 0 saturated carbocycles. The second-order valence-electron chi connectivity index (χ2n) is 4.83. The Bertz CT molecular complexity index is 568. The van der Waals surface area contributed by atoms with Gasteiger partial charge in [-0.15, -0.1) is 0 Å². The zero-order chi connectivity index (χ0) is 13.4. The summed E-state index contributed by atoms with van der Waals surface area (Å²) in [6, 6.07) is 3.93. The van der Waals surface area contributed by atoms with Crippen molar-refractivity contribution in [1.82, 2.24) is 9.88 Å². The summed E-state index contributed by atoms with van der Waals surface area (Å²) in [5.41, 5.74) is 0.441. The number of hydrogen-bond acceptors (Lipinski definition) is 4. The molecule has 2 fully saturated rings. The number of halogens is 1. The number of hydrogen-bond donors (Lipinski definition) is 0. The molecule has 2 aliphatic rings. The van der Waals surface area contributed by atoms with E-state index in [9.17, 15) is 4.79 Å². The Hall–Kier alpha value is -1.80. The van der Waals surface area contributed by atoms with Crippen LogP contribution in [0.15, 0.2) is 12.3 Å². The lowest BCUT2D eigenvalue weighted by molar-refractivity contribution is -0.129. The third-order valence-corrected chi connectivity index (χ3v) is 4.16. The topological polar surface area (TPSA) is 60.2 Å². The molecule has 2 aliphatic heterocycles. The molecule has 0 bridgehead atoms. The monoisotopic (exact) mass is 276 g/mol. The molecular formula is C13H13ClN4O. The number of rotatable bonds is 1. The smallest absolute Gasteiger partial charge is 0.223 e. The minimum atomic E-state index is 0.245. The standard InChI is InChI=1S/C13H13ClN4O/c14-12-9(7-15)3-4-16-13(12)17-5-6-18-10(8-17)1-2-11(18)19/h3-4,10H,1-2,5-6,8H2. The van der Waals surface area contributed by atoms with Crippen molar-refractivity contribution in [2.75, 3.05) is 24.5 Å². The highest BCUT2D eigenvalue weighted by molar-refractivity contribution is 6.34. The van der Waals surface area contributed by atoms with Gasteiger partial charge in [0.15, 0.2) is 0 Å². The van der Waals surface area contributed by atoms with E-state index in [4.69, 9.17) is 16.9 Å². The summed E-state index contributed by atoms with van der Waals surface area (Å²) >= 11 is 6.21. The van der Waals surface area contributed by atoms with Gasteiger partial charge in [0.2, 0.25) is 5.91 Å². The van der Waals surface area contributed by atoms with Crippen LogP contribution in [0.3, 0.4) is 0 Å². The van der Waals surface area contributed by atoms with E-state index in [1.165, 1.54) is 0 Å². The molecule has 6 heteroatoms. The number of nitriles is 1. The summed E-state index contributed by atoms with van der Waals surface area (Å²) < 4.78 is 0. The van der Waals surface area contributed by atoms with Crippen molar-refractivity contribution < 1.29 is 4.79 Å². The predicted octanol–water partition coefficient (Wildman–Crippen LogP) is 1.42. The molecule has 98 valence electrons. The SMILES string of the molecule is N#Cc1ccnc(N2CCN3C(=O)CCC3C2)c1Cl. The number of amides is 1. The van der Waals surface area contributed by atoms with Crippen molar-refractivity contribution >= 4 is 23.3 Å². The van der Waals surface area contributed by atoms with E-state index in [-0.39, 0.29) is 11.9 Å². The van der Waals surface area contributed by atoms with Crippen LogP contribution >= 0.6 is 11.6 Å². The molecule has 1 aromatic rings. The van der Waals surface area contributed by atoms with Crippen LogP contribution in [-0.4, -0.2) is 41.5 Å². The summed E-state index contributed by atoms with van der Waals surface area (Å²) in [6.07, 6.45) is 3.13. The zero-order valence-corrected chi connectivity index (χ0v) is 11.1. The van der Waals surface area contributed by atoms with Gasteiger partial charge in [-0.2, -0.15) is 5.26 Å². The van der Waals surface area contributed by atoms with E-state index in [2.05, 4.69) is 16.0 Å². The van der Waals surface area contributed by atoms with E-state index in [1.54, 1.807) is 12.3 Å². The van der Waals surface area contributed by atoms with Crippen LogP contribution < -0.4 is 4.90 Å².